The van der Waals surface area contributed by atoms with Crippen molar-refractivity contribution >= 4 is 11.6 Å². The van der Waals surface area contributed by atoms with E-state index in [1.165, 1.54) is 19.4 Å². The summed E-state index contributed by atoms with van der Waals surface area (Å²) in [5, 5.41) is 13.2. The Kier molecular flexibility index (Phi) is 4.17. The topological polar surface area (TPSA) is 98.0 Å². The van der Waals surface area contributed by atoms with Gasteiger partial charge in [0, 0.05) is 18.3 Å². The number of non-ortho nitro benzene ring substituents is 1. The van der Waals surface area contributed by atoms with Crippen LogP contribution in [0.4, 0.5) is 10.1 Å². The number of nitrogens with one attached hydrogen (secondary N) is 1. The van der Waals surface area contributed by atoms with Crippen molar-refractivity contribution in [2.45, 2.75) is 13.5 Å². The van der Waals surface area contributed by atoms with Gasteiger partial charge in [-0.3, -0.25) is 14.9 Å². The second-order valence-corrected chi connectivity index (χ2v) is 4.26. The second kappa shape index (κ2) is 6.04. The maximum atomic E-state index is 13.9. The molecule has 2 aromatic rings. The number of halogens is 1. The predicted molar refractivity (Wildman–Crippen MR) is 71.0 cm³/mol. The molecule has 1 N–H and O–H groups in total. The Bertz CT molecular complexity index is 691. The van der Waals surface area contributed by atoms with E-state index in [1.54, 1.807) is 6.07 Å². The monoisotopic (exact) mass is 290 g/mol. The van der Waals surface area contributed by atoms with Crippen LogP contribution in [-0.2, 0) is 6.54 Å². The highest BCUT2D eigenvalue weighted by Crippen LogP contribution is 2.21. The quantitative estimate of drug-likeness (QED) is 0.683. The molecule has 0 aliphatic rings. The molecule has 0 fully saturated rings. The Morgan fingerprint density at radius 2 is 2.24 bits per heavy atom. The zero-order valence-electron chi connectivity index (χ0n) is 11.0. The van der Waals surface area contributed by atoms with E-state index in [0.717, 1.165) is 12.1 Å². The summed E-state index contributed by atoms with van der Waals surface area (Å²) in [6.45, 7) is 1.44. The summed E-state index contributed by atoms with van der Waals surface area (Å²) in [5.41, 5.74) is -0.117. The Balaban J connectivity index is 2.21. The van der Waals surface area contributed by atoms with Crippen LogP contribution in [0.1, 0.15) is 21.6 Å². The van der Waals surface area contributed by atoms with Gasteiger partial charge in [0.25, 0.3) is 11.6 Å². The smallest absolute Gasteiger partial charge is 0.270 e. The van der Waals surface area contributed by atoms with Crippen molar-refractivity contribution in [1.29, 1.82) is 0 Å². The molecule has 0 spiro atoms. The normalized spacial score (nSPS) is 10.2. The van der Waals surface area contributed by atoms with Crippen LogP contribution in [0, 0.1) is 22.9 Å². The van der Waals surface area contributed by atoms with E-state index in [-0.39, 0.29) is 23.4 Å². The summed E-state index contributed by atoms with van der Waals surface area (Å²) < 4.78 is 13.9. The molecule has 0 saturated carbocycles. The van der Waals surface area contributed by atoms with Crippen molar-refractivity contribution in [3.8, 4) is 0 Å². The van der Waals surface area contributed by atoms with Crippen molar-refractivity contribution in [3.63, 3.8) is 0 Å². The number of carbonyl (C=O) groups excluding carboxylic acids is 1. The SMILES string of the molecule is Cc1cc([N+](=O)[O-])cc(C(=O)NCc2ccncn2)c1F. The van der Waals surface area contributed by atoms with Crippen LogP contribution in [-0.4, -0.2) is 20.8 Å². The number of nitrogens with zero attached hydrogens (tertiary/aromatic N) is 3. The fraction of sp³-hybridized carbons (Fsp3) is 0.154. The maximum absolute atomic E-state index is 13.9. The number of amides is 1. The molecule has 0 aliphatic carbocycles. The van der Waals surface area contributed by atoms with Gasteiger partial charge in [-0.05, 0) is 18.6 Å². The molecule has 21 heavy (non-hydrogen) atoms. The van der Waals surface area contributed by atoms with Crippen molar-refractivity contribution in [2.24, 2.45) is 0 Å². The largest absolute Gasteiger partial charge is 0.346 e. The van der Waals surface area contributed by atoms with E-state index in [0.29, 0.717) is 5.69 Å². The number of hydrogen-bond donors (Lipinski definition) is 1. The minimum Gasteiger partial charge on any atom is -0.346 e. The number of nitro benzene ring substituents is 1. The van der Waals surface area contributed by atoms with Crippen LogP contribution in [0.25, 0.3) is 0 Å². The lowest BCUT2D eigenvalue weighted by atomic mass is 10.1. The van der Waals surface area contributed by atoms with Gasteiger partial charge in [-0.1, -0.05) is 0 Å². The third-order valence-electron chi connectivity index (χ3n) is 2.77. The van der Waals surface area contributed by atoms with Gasteiger partial charge in [-0.15, -0.1) is 0 Å². The summed E-state index contributed by atoms with van der Waals surface area (Å²) in [6, 6.07) is 3.59. The number of aromatic nitrogens is 2. The number of nitro groups is 1. The first-order chi connectivity index (χ1) is 9.99. The predicted octanol–water partition coefficient (Wildman–Crippen LogP) is 1.76. The zero-order valence-corrected chi connectivity index (χ0v) is 11.0. The van der Waals surface area contributed by atoms with Crippen molar-refractivity contribution in [2.75, 3.05) is 0 Å². The third-order valence-corrected chi connectivity index (χ3v) is 2.77. The fourth-order valence-electron chi connectivity index (χ4n) is 1.71. The van der Waals surface area contributed by atoms with Crippen LogP contribution in [0.2, 0.25) is 0 Å². The van der Waals surface area contributed by atoms with E-state index in [2.05, 4.69) is 15.3 Å². The first-order valence-electron chi connectivity index (χ1n) is 5.96. The summed E-state index contributed by atoms with van der Waals surface area (Å²) in [7, 11) is 0. The number of rotatable bonds is 4. The lowest BCUT2D eigenvalue weighted by Crippen LogP contribution is -2.24. The van der Waals surface area contributed by atoms with Crippen LogP contribution < -0.4 is 5.32 Å². The van der Waals surface area contributed by atoms with Gasteiger partial charge in [0.15, 0.2) is 0 Å². The second-order valence-electron chi connectivity index (χ2n) is 4.26. The van der Waals surface area contributed by atoms with Gasteiger partial charge >= 0.3 is 0 Å². The van der Waals surface area contributed by atoms with E-state index >= 15 is 0 Å². The van der Waals surface area contributed by atoms with E-state index in [1.807, 2.05) is 0 Å². The fourth-order valence-corrected chi connectivity index (χ4v) is 1.71. The van der Waals surface area contributed by atoms with Crippen LogP contribution in [0.3, 0.4) is 0 Å². The number of carbonyl (C=O) groups is 1. The lowest BCUT2D eigenvalue weighted by Gasteiger charge is -2.07. The average Bonchev–Trinajstić information content (AvgIpc) is 2.48. The summed E-state index contributed by atoms with van der Waals surface area (Å²) >= 11 is 0. The molecule has 0 unspecified atom stereocenters. The van der Waals surface area contributed by atoms with Gasteiger partial charge < -0.3 is 5.32 Å². The Labute approximate surface area is 119 Å². The molecule has 2 rings (SSSR count). The number of hydrogen-bond acceptors (Lipinski definition) is 5. The van der Waals surface area contributed by atoms with Crippen LogP contribution in [0.15, 0.2) is 30.7 Å². The van der Waals surface area contributed by atoms with E-state index in [4.69, 9.17) is 0 Å². The van der Waals surface area contributed by atoms with Gasteiger partial charge in [0.1, 0.15) is 12.1 Å². The van der Waals surface area contributed by atoms with Gasteiger partial charge in [-0.25, -0.2) is 14.4 Å². The minimum absolute atomic E-state index is 0.0383. The summed E-state index contributed by atoms with van der Waals surface area (Å²) in [4.78, 5) is 29.7. The first-order valence-corrected chi connectivity index (χ1v) is 5.96. The molecule has 1 aromatic heterocycles. The molecular weight excluding hydrogens is 279 g/mol. The molecule has 108 valence electrons. The average molecular weight is 290 g/mol. The maximum Gasteiger partial charge on any atom is 0.270 e. The molecule has 0 radical (unpaired) electrons. The molecule has 8 heteroatoms. The third kappa shape index (κ3) is 3.35. The van der Waals surface area contributed by atoms with E-state index in [9.17, 15) is 19.3 Å². The minimum atomic E-state index is -0.777. The first kappa shape index (κ1) is 14.5. The highest BCUT2D eigenvalue weighted by atomic mass is 19.1. The molecule has 7 nitrogen and oxygen atoms in total. The molecule has 1 aromatic carbocycles. The summed E-state index contributed by atoms with van der Waals surface area (Å²) in [6.07, 6.45) is 2.83. The molecule has 0 atom stereocenters. The van der Waals surface area contributed by atoms with Crippen LogP contribution >= 0.6 is 0 Å². The number of benzene rings is 1. The summed E-state index contributed by atoms with van der Waals surface area (Å²) in [5.74, 6) is -1.52. The van der Waals surface area contributed by atoms with Crippen molar-refractivity contribution < 1.29 is 14.1 Å². The highest BCUT2D eigenvalue weighted by Gasteiger charge is 2.19. The van der Waals surface area contributed by atoms with Crippen molar-refractivity contribution in [3.05, 3.63) is 63.5 Å². The van der Waals surface area contributed by atoms with E-state index < -0.39 is 16.6 Å². The van der Waals surface area contributed by atoms with Crippen molar-refractivity contribution in [1.82, 2.24) is 15.3 Å². The molecule has 1 amide bonds. The highest BCUT2D eigenvalue weighted by molar-refractivity contribution is 5.95. The molecular formula is C13H11FN4O3. The standard InChI is InChI=1S/C13H11FN4O3/c1-8-4-10(18(20)21)5-11(12(8)14)13(19)16-6-9-2-3-15-7-17-9/h2-5,7H,6H2,1H3,(H,16,19). The number of aryl methyl sites for hydroxylation is 1. The van der Waals surface area contributed by atoms with Gasteiger partial charge in [0.05, 0.1) is 22.7 Å². The lowest BCUT2D eigenvalue weighted by molar-refractivity contribution is -0.385. The van der Waals surface area contributed by atoms with Crippen LogP contribution in [0.5, 0.6) is 0 Å². The molecule has 0 bridgehead atoms. The Morgan fingerprint density at radius 1 is 1.48 bits per heavy atom. The van der Waals surface area contributed by atoms with Gasteiger partial charge in [0.2, 0.25) is 0 Å². The van der Waals surface area contributed by atoms with Gasteiger partial charge in [-0.2, -0.15) is 0 Å². The molecule has 0 saturated heterocycles. The molecule has 1 heterocycles. The zero-order chi connectivity index (χ0) is 15.4. The Morgan fingerprint density at radius 3 is 2.86 bits per heavy atom. The Hall–Kier alpha value is -2.90. The molecule has 0 aliphatic heterocycles.